The van der Waals surface area contributed by atoms with Gasteiger partial charge in [0.1, 0.15) is 6.33 Å². The van der Waals surface area contributed by atoms with Crippen LogP contribution in [0.5, 0.6) is 0 Å². The highest BCUT2D eigenvalue weighted by Crippen LogP contribution is 2.55. The van der Waals surface area contributed by atoms with Gasteiger partial charge in [0.25, 0.3) is 5.91 Å². The van der Waals surface area contributed by atoms with Gasteiger partial charge in [-0.25, -0.2) is 9.97 Å². The maximum atomic E-state index is 12.8. The van der Waals surface area contributed by atoms with E-state index in [1.807, 2.05) is 27.7 Å². The van der Waals surface area contributed by atoms with E-state index in [9.17, 15) is 14.7 Å². The van der Waals surface area contributed by atoms with Gasteiger partial charge in [-0.2, -0.15) is 0 Å². The number of hydrogen-bond acceptors (Lipinski definition) is 5. The zero-order valence-corrected chi connectivity index (χ0v) is 19.7. The molecule has 2 aliphatic carbocycles. The summed E-state index contributed by atoms with van der Waals surface area (Å²) in [5.74, 6) is -0.397. The molecule has 2 aliphatic rings. The zero-order chi connectivity index (χ0) is 23.0. The van der Waals surface area contributed by atoms with Crippen molar-refractivity contribution in [3.05, 3.63) is 24.3 Å². The summed E-state index contributed by atoms with van der Waals surface area (Å²) in [5.41, 5.74) is 0.165. The molecule has 1 aromatic rings. The summed E-state index contributed by atoms with van der Waals surface area (Å²) < 4.78 is 0. The van der Waals surface area contributed by atoms with E-state index in [1.165, 1.54) is 18.7 Å². The minimum absolute atomic E-state index is 0.00227. The second-order valence-electron chi connectivity index (χ2n) is 11.0. The highest BCUT2D eigenvalue weighted by molar-refractivity contribution is 5.93. The number of hydrogen-bond donors (Lipinski definition) is 3. The summed E-state index contributed by atoms with van der Waals surface area (Å²) in [6, 6.07) is -0.0297. The summed E-state index contributed by atoms with van der Waals surface area (Å²) in [5, 5.41) is 17.7. The predicted molar refractivity (Wildman–Crippen MR) is 119 cm³/mol. The normalized spacial score (nSPS) is 34.4. The maximum Gasteiger partial charge on any atom is 0.254 e. The van der Waals surface area contributed by atoms with Crippen molar-refractivity contribution in [2.45, 2.75) is 84.9 Å². The first-order valence-corrected chi connectivity index (χ1v) is 11.5. The number of fused-ring (bicyclic) bond motifs is 1. The maximum absolute atomic E-state index is 12.8. The third-order valence-corrected chi connectivity index (χ3v) is 7.58. The molecule has 0 unspecified atom stereocenters. The molecule has 1 heterocycles. The number of aliphatic hydroxyl groups excluding tert-OH is 1. The number of nitrogens with zero attached hydrogens (tertiary/aromatic N) is 2. The number of aromatic nitrogens is 2. The van der Waals surface area contributed by atoms with Crippen LogP contribution in [-0.4, -0.2) is 44.6 Å². The Hall–Kier alpha value is -2.02. The smallest absolute Gasteiger partial charge is 0.254 e. The quantitative estimate of drug-likeness (QED) is 0.681. The summed E-state index contributed by atoms with van der Waals surface area (Å²) in [7, 11) is 0. The van der Waals surface area contributed by atoms with E-state index in [2.05, 4.69) is 34.4 Å². The third kappa shape index (κ3) is 5.08. The van der Waals surface area contributed by atoms with Crippen LogP contribution >= 0.6 is 0 Å². The molecule has 0 radical (unpaired) electrons. The molecule has 7 heteroatoms. The molecule has 1 aromatic heterocycles. The van der Waals surface area contributed by atoms with Crippen molar-refractivity contribution < 1.29 is 14.7 Å². The zero-order valence-electron chi connectivity index (χ0n) is 19.7. The Morgan fingerprint density at radius 3 is 2.42 bits per heavy atom. The lowest BCUT2D eigenvalue weighted by Crippen LogP contribution is -2.59. The molecule has 0 aromatic carbocycles. The fraction of sp³-hybridized carbons (Fsp3) is 0.750. The van der Waals surface area contributed by atoms with Gasteiger partial charge in [-0.05, 0) is 69.6 Å². The molecule has 0 saturated heterocycles. The first-order chi connectivity index (χ1) is 14.4. The van der Waals surface area contributed by atoms with Crippen molar-refractivity contribution in [3.63, 3.8) is 0 Å². The molecular weight excluding hydrogens is 392 g/mol. The molecule has 0 spiro atoms. The van der Waals surface area contributed by atoms with E-state index in [4.69, 9.17) is 0 Å². The number of rotatable bonds is 4. The molecule has 31 heavy (non-hydrogen) atoms. The van der Waals surface area contributed by atoms with Gasteiger partial charge in [-0.15, -0.1) is 0 Å². The molecule has 3 rings (SSSR count). The SMILES string of the molecule is C[C@@H]1[C@@H]2[C@@H](O)[C@@H]([C@H](C)C(=O)NC(C)(C)C)CC[C@]2(C)CC[C@@H]1NC(=O)c1cncnc1. The summed E-state index contributed by atoms with van der Waals surface area (Å²) in [6.07, 6.45) is 7.52. The van der Waals surface area contributed by atoms with Gasteiger partial charge in [-0.1, -0.05) is 20.8 Å². The van der Waals surface area contributed by atoms with E-state index < -0.39 is 6.10 Å². The van der Waals surface area contributed by atoms with Crippen LogP contribution in [0, 0.1) is 29.1 Å². The molecule has 2 saturated carbocycles. The third-order valence-electron chi connectivity index (χ3n) is 7.58. The Labute approximate surface area is 185 Å². The van der Waals surface area contributed by atoms with Crippen molar-refractivity contribution in [2.24, 2.45) is 29.1 Å². The van der Waals surface area contributed by atoms with Crippen LogP contribution in [-0.2, 0) is 4.79 Å². The van der Waals surface area contributed by atoms with Gasteiger partial charge >= 0.3 is 0 Å². The van der Waals surface area contributed by atoms with Gasteiger partial charge in [0.2, 0.25) is 5.91 Å². The number of nitrogens with one attached hydrogen (secondary N) is 2. The van der Waals surface area contributed by atoms with E-state index in [-0.39, 0.29) is 52.5 Å². The molecule has 3 N–H and O–H groups in total. The predicted octanol–water partition coefficient (Wildman–Crippen LogP) is 2.95. The second-order valence-corrected chi connectivity index (χ2v) is 11.0. The molecular formula is C24H38N4O3. The Kier molecular flexibility index (Phi) is 6.75. The van der Waals surface area contributed by atoms with Crippen molar-refractivity contribution >= 4 is 11.8 Å². The van der Waals surface area contributed by atoms with Gasteiger partial charge in [0, 0.05) is 29.9 Å². The first kappa shape index (κ1) is 23.6. The number of aliphatic hydroxyl groups is 1. The average molecular weight is 431 g/mol. The van der Waals surface area contributed by atoms with Crippen LogP contribution in [0.3, 0.4) is 0 Å². The first-order valence-electron chi connectivity index (χ1n) is 11.5. The summed E-state index contributed by atoms with van der Waals surface area (Å²) in [4.78, 5) is 33.3. The van der Waals surface area contributed by atoms with Crippen molar-refractivity contribution in [1.29, 1.82) is 0 Å². The molecule has 0 aliphatic heterocycles. The van der Waals surface area contributed by atoms with Crippen LogP contribution < -0.4 is 10.6 Å². The number of amides is 2. The minimum atomic E-state index is -0.575. The Balaban J connectivity index is 1.74. The monoisotopic (exact) mass is 430 g/mol. The molecule has 7 nitrogen and oxygen atoms in total. The lowest BCUT2D eigenvalue weighted by Gasteiger charge is -2.56. The van der Waals surface area contributed by atoms with Crippen LogP contribution in [0.15, 0.2) is 18.7 Å². The van der Waals surface area contributed by atoms with E-state index >= 15 is 0 Å². The molecule has 2 fully saturated rings. The Morgan fingerprint density at radius 2 is 1.81 bits per heavy atom. The molecule has 0 bridgehead atoms. The molecule has 2 amide bonds. The largest absolute Gasteiger partial charge is 0.392 e. The van der Waals surface area contributed by atoms with Crippen molar-refractivity contribution in [1.82, 2.24) is 20.6 Å². The summed E-state index contributed by atoms with van der Waals surface area (Å²) >= 11 is 0. The minimum Gasteiger partial charge on any atom is -0.392 e. The Morgan fingerprint density at radius 1 is 1.19 bits per heavy atom. The number of carbonyl (C=O) groups is 2. The van der Waals surface area contributed by atoms with Crippen LogP contribution in [0.1, 0.15) is 77.6 Å². The van der Waals surface area contributed by atoms with Gasteiger partial charge in [0.15, 0.2) is 0 Å². The van der Waals surface area contributed by atoms with E-state index in [0.717, 1.165) is 25.7 Å². The Bertz CT molecular complexity index is 794. The summed E-state index contributed by atoms with van der Waals surface area (Å²) in [6.45, 7) is 12.2. The molecule has 7 atom stereocenters. The van der Waals surface area contributed by atoms with Gasteiger partial charge < -0.3 is 15.7 Å². The topological polar surface area (TPSA) is 104 Å². The van der Waals surface area contributed by atoms with Gasteiger partial charge in [0.05, 0.1) is 11.7 Å². The van der Waals surface area contributed by atoms with Gasteiger partial charge in [-0.3, -0.25) is 9.59 Å². The second kappa shape index (κ2) is 8.85. The fourth-order valence-electron chi connectivity index (χ4n) is 5.84. The lowest BCUT2D eigenvalue weighted by molar-refractivity contribution is -0.143. The van der Waals surface area contributed by atoms with E-state index in [1.54, 1.807) is 0 Å². The molecule has 172 valence electrons. The van der Waals surface area contributed by atoms with Crippen molar-refractivity contribution in [3.8, 4) is 0 Å². The average Bonchev–Trinajstić information content (AvgIpc) is 2.69. The lowest BCUT2D eigenvalue weighted by atomic mass is 9.51. The van der Waals surface area contributed by atoms with Crippen LogP contribution in [0.2, 0.25) is 0 Å². The van der Waals surface area contributed by atoms with E-state index in [0.29, 0.717) is 5.56 Å². The highest BCUT2D eigenvalue weighted by atomic mass is 16.3. The van der Waals surface area contributed by atoms with Crippen molar-refractivity contribution in [2.75, 3.05) is 0 Å². The standard InChI is InChI=1S/C24H38N4O3/c1-14(21(30)28-23(3,4)5)17-7-9-24(6)10-8-18(15(2)19(24)20(17)29)27-22(31)16-11-25-13-26-12-16/h11-15,17-20,29H,7-10H2,1-6H3,(H,27,31)(H,28,30)/t14-,15-,17+,18-,19+,20-,24+/m0/s1. The number of carbonyl (C=O) groups excluding carboxylic acids is 2. The highest BCUT2D eigenvalue weighted by Gasteiger charge is 2.54. The fourth-order valence-corrected chi connectivity index (χ4v) is 5.84. The van der Waals surface area contributed by atoms with Crippen LogP contribution in [0.25, 0.3) is 0 Å². The van der Waals surface area contributed by atoms with Crippen LogP contribution in [0.4, 0.5) is 0 Å².